The van der Waals surface area contributed by atoms with Crippen LogP contribution < -0.4 is 9.46 Å². The van der Waals surface area contributed by atoms with E-state index in [0.717, 1.165) is 5.56 Å². The van der Waals surface area contributed by atoms with Crippen molar-refractivity contribution in [3.05, 3.63) is 65.0 Å². The maximum Gasteiger partial charge on any atom is 0.240 e. The minimum absolute atomic E-state index is 0.142. The molecule has 0 aliphatic rings. The number of ether oxygens (including phenoxy) is 1. The van der Waals surface area contributed by atoms with Gasteiger partial charge in [0.25, 0.3) is 0 Å². The van der Waals surface area contributed by atoms with E-state index in [2.05, 4.69) is 30.7 Å². The second-order valence-electron chi connectivity index (χ2n) is 5.09. The fraction of sp³-hybridized carbons (Fsp3) is 0.125. The summed E-state index contributed by atoms with van der Waals surface area (Å²) in [7, 11) is -2.13. The van der Waals surface area contributed by atoms with Crippen molar-refractivity contribution in [3.8, 4) is 11.6 Å². The van der Waals surface area contributed by atoms with E-state index in [1.54, 1.807) is 47.5 Å². The smallest absolute Gasteiger partial charge is 0.240 e. The Bertz CT molecular complexity index is 975. The number of nitrogens with zero attached hydrogens (tertiary/aromatic N) is 3. The van der Waals surface area contributed by atoms with E-state index in [4.69, 9.17) is 4.74 Å². The van der Waals surface area contributed by atoms with Crippen LogP contribution in [0.2, 0.25) is 0 Å². The first kappa shape index (κ1) is 17.6. The molecule has 2 aromatic heterocycles. The zero-order valence-electron chi connectivity index (χ0n) is 13.3. The lowest BCUT2D eigenvalue weighted by molar-refractivity contribution is 0.411. The number of sulfonamides is 1. The molecular formula is C16H15BrN4O3S. The molecule has 0 bridgehead atoms. The third-order valence-corrected chi connectivity index (χ3v) is 5.47. The van der Waals surface area contributed by atoms with Gasteiger partial charge in [-0.25, -0.2) is 22.8 Å². The first-order valence-corrected chi connectivity index (χ1v) is 9.55. The lowest BCUT2D eigenvalue weighted by Crippen LogP contribution is -2.23. The Morgan fingerprint density at radius 3 is 2.76 bits per heavy atom. The standard InChI is InChI=1S/C16H15BrN4O3S/c1-24-15-4-3-13(10-14(15)17)25(22,23)20-11-12-5-7-18-16(9-12)21-8-2-6-19-21/h2-10,20H,11H2,1H3. The van der Waals surface area contributed by atoms with E-state index < -0.39 is 10.0 Å². The van der Waals surface area contributed by atoms with Gasteiger partial charge in [0.15, 0.2) is 5.82 Å². The molecule has 0 fully saturated rings. The molecule has 0 atom stereocenters. The van der Waals surface area contributed by atoms with Crippen molar-refractivity contribution in [3.63, 3.8) is 0 Å². The Hall–Kier alpha value is -2.23. The topological polar surface area (TPSA) is 86.1 Å². The Labute approximate surface area is 153 Å². The van der Waals surface area contributed by atoms with E-state index >= 15 is 0 Å². The van der Waals surface area contributed by atoms with E-state index in [9.17, 15) is 8.42 Å². The molecule has 3 aromatic rings. The third-order valence-electron chi connectivity index (χ3n) is 3.45. The summed E-state index contributed by atoms with van der Waals surface area (Å²) in [6.45, 7) is 0.142. The zero-order chi connectivity index (χ0) is 17.9. The number of halogens is 1. The molecule has 1 N–H and O–H groups in total. The van der Waals surface area contributed by atoms with Crippen LogP contribution >= 0.6 is 15.9 Å². The zero-order valence-corrected chi connectivity index (χ0v) is 15.7. The second-order valence-corrected chi connectivity index (χ2v) is 7.72. The van der Waals surface area contributed by atoms with Crippen LogP contribution in [0.4, 0.5) is 0 Å². The van der Waals surface area contributed by atoms with Gasteiger partial charge in [-0.05, 0) is 57.9 Å². The predicted octanol–water partition coefficient (Wildman–Crippen LogP) is 2.52. The van der Waals surface area contributed by atoms with E-state index in [0.29, 0.717) is 16.0 Å². The number of pyridine rings is 1. The summed E-state index contributed by atoms with van der Waals surface area (Å²) in [5, 5.41) is 4.11. The molecule has 2 heterocycles. The molecule has 1 aromatic carbocycles. The van der Waals surface area contributed by atoms with Crippen LogP contribution in [-0.2, 0) is 16.6 Å². The second kappa shape index (κ2) is 7.34. The quantitative estimate of drug-likeness (QED) is 0.659. The molecule has 0 saturated carbocycles. The molecule has 25 heavy (non-hydrogen) atoms. The number of nitrogens with one attached hydrogen (secondary N) is 1. The molecule has 0 saturated heterocycles. The van der Waals surface area contributed by atoms with Crippen molar-refractivity contribution in [1.82, 2.24) is 19.5 Å². The first-order valence-electron chi connectivity index (χ1n) is 7.28. The van der Waals surface area contributed by atoms with Gasteiger partial charge in [0.05, 0.1) is 16.5 Å². The van der Waals surface area contributed by atoms with Crippen LogP contribution in [-0.4, -0.2) is 30.3 Å². The fourth-order valence-corrected chi connectivity index (χ4v) is 3.91. The maximum atomic E-state index is 12.5. The summed E-state index contributed by atoms with van der Waals surface area (Å²) in [4.78, 5) is 4.37. The molecule has 9 heteroatoms. The van der Waals surface area contributed by atoms with Crippen molar-refractivity contribution in [2.24, 2.45) is 0 Å². The van der Waals surface area contributed by atoms with Gasteiger partial charge >= 0.3 is 0 Å². The predicted molar refractivity (Wildman–Crippen MR) is 96.1 cm³/mol. The SMILES string of the molecule is COc1ccc(S(=O)(=O)NCc2ccnc(-n3cccn3)c2)cc1Br. The summed E-state index contributed by atoms with van der Waals surface area (Å²) in [5.41, 5.74) is 0.775. The molecule has 0 amide bonds. The highest BCUT2D eigenvalue weighted by Gasteiger charge is 2.16. The van der Waals surface area contributed by atoms with Gasteiger partial charge in [-0.3, -0.25) is 0 Å². The molecule has 3 rings (SSSR count). The van der Waals surface area contributed by atoms with Crippen molar-refractivity contribution >= 4 is 26.0 Å². The third kappa shape index (κ3) is 4.06. The summed E-state index contributed by atoms with van der Waals surface area (Å²) < 4.78 is 34.8. The van der Waals surface area contributed by atoms with Gasteiger partial charge in [-0.15, -0.1) is 0 Å². The molecule has 7 nitrogen and oxygen atoms in total. The number of hydrogen-bond acceptors (Lipinski definition) is 5. The van der Waals surface area contributed by atoms with Crippen molar-refractivity contribution < 1.29 is 13.2 Å². The van der Waals surface area contributed by atoms with E-state index in [1.165, 1.54) is 19.2 Å². The Morgan fingerprint density at radius 1 is 1.24 bits per heavy atom. The highest BCUT2D eigenvalue weighted by Crippen LogP contribution is 2.27. The van der Waals surface area contributed by atoms with Crippen LogP contribution in [0.3, 0.4) is 0 Å². The molecule has 130 valence electrons. The molecule has 0 aliphatic heterocycles. The van der Waals surface area contributed by atoms with Crippen molar-refractivity contribution in [1.29, 1.82) is 0 Å². The van der Waals surface area contributed by atoms with Crippen LogP contribution in [0.25, 0.3) is 5.82 Å². The maximum absolute atomic E-state index is 12.5. The lowest BCUT2D eigenvalue weighted by atomic mass is 10.2. The van der Waals surface area contributed by atoms with Crippen LogP contribution in [0.5, 0.6) is 5.75 Å². The van der Waals surface area contributed by atoms with Crippen LogP contribution in [0, 0.1) is 0 Å². The summed E-state index contributed by atoms with van der Waals surface area (Å²) in [6, 6.07) is 9.91. The van der Waals surface area contributed by atoms with Gasteiger partial charge in [0.2, 0.25) is 10.0 Å². The number of methoxy groups -OCH3 is 1. The van der Waals surface area contributed by atoms with Gasteiger partial charge in [0.1, 0.15) is 5.75 Å². The van der Waals surface area contributed by atoms with E-state index in [-0.39, 0.29) is 11.4 Å². The molecule has 0 aliphatic carbocycles. The lowest BCUT2D eigenvalue weighted by Gasteiger charge is -2.10. The van der Waals surface area contributed by atoms with Crippen molar-refractivity contribution in [2.45, 2.75) is 11.4 Å². The Morgan fingerprint density at radius 2 is 2.08 bits per heavy atom. The monoisotopic (exact) mass is 422 g/mol. The number of hydrogen-bond donors (Lipinski definition) is 1. The summed E-state index contributed by atoms with van der Waals surface area (Å²) in [6.07, 6.45) is 5.04. The number of rotatable bonds is 6. The highest BCUT2D eigenvalue weighted by atomic mass is 79.9. The fourth-order valence-electron chi connectivity index (χ4n) is 2.18. The summed E-state index contributed by atoms with van der Waals surface area (Å²) >= 11 is 3.29. The van der Waals surface area contributed by atoms with E-state index in [1.807, 2.05) is 0 Å². The van der Waals surface area contributed by atoms with Crippen LogP contribution in [0.1, 0.15) is 5.56 Å². The molecule has 0 unspecified atom stereocenters. The van der Waals surface area contributed by atoms with Gasteiger partial charge in [-0.2, -0.15) is 5.10 Å². The van der Waals surface area contributed by atoms with Crippen LogP contribution in [0.15, 0.2) is 64.4 Å². The first-order chi connectivity index (χ1) is 12.0. The average molecular weight is 423 g/mol. The summed E-state index contributed by atoms with van der Waals surface area (Å²) in [5.74, 6) is 1.19. The minimum atomic E-state index is -3.65. The largest absolute Gasteiger partial charge is 0.496 e. The average Bonchev–Trinajstić information content (AvgIpc) is 3.15. The van der Waals surface area contributed by atoms with Gasteiger partial charge < -0.3 is 4.74 Å². The molecule has 0 radical (unpaired) electrons. The number of aromatic nitrogens is 3. The normalized spacial score (nSPS) is 11.4. The highest BCUT2D eigenvalue weighted by molar-refractivity contribution is 9.10. The minimum Gasteiger partial charge on any atom is -0.496 e. The Balaban J connectivity index is 1.76. The van der Waals surface area contributed by atoms with Crippen molar-refractivity contribution in [2.75, 3.05) is 7.11 Å². The number of benzene rings is 1. The van der Waals surface area contributed by atoms with Gasteiger partial charge in [0, 0.05) is 25.1 Å². The van der Waals surface area contributed by atoms with Gasteiger partial charge in [-0.1, -0.05) is 0 Å². The Kier molecular flexibility index (Phi) is 5.16. The molecular weight excluding hydrogens is 408 g/mol. The molecule has 0 spiro atoms.